The SMILES string of the molecule is CC1(C)Oc2ccc3c(c2O1)-c1cccc2c1[C@@H](C3)N(CC(=O)O)CC2.CC1(C)Oc2ccc3c(c2O1)-c1cccc2c1[C@@H](C3)NCC2.Oc1ccc2c(c1O)-c1cccc3c1[C@@H](C2)NCC3. The zero-order chi connectivity index (χ0) is 45.9. The van der Waals surface area contributed by atoms with Crippen molar-refractivity contribution in [3.8, 4) is 67.9 Å². The molecule has 0 amide bonds. The fraction of sp³-hybridized carbons (Fsp3) is 0.339. The number of aliphatic carboxylic acids is 1. The van der Waals surface area contributed by atoms with E-state index in [1.807, 2.05) is 52.0 Å². The molecule has 6 aromatic carbocycles. The Hall–Kier alpha value is -6.53. The number of benzene rings is 6. The number of nitrogens with one attached hydrogen (secondary N) is 2. The molecule has 0 saturated carbocycles. The Bertz CT molecular complexity index is 3050. The van der Waals surface area contributed by atoms with E-state index in [0.29, 0.717) is 12.1 Å². The van der Waals surface area contributed by atoms with E-state index >= 15 is 0 Å². The van der Waals surface area contributed by atoms with E-state index < -0.39 is 17.5 Å². The Morgan fingerprint density at radius 1 is 0.582 bits per heavy atom. The lowest BCUT2D eigenvalue weighted by Crippen LogP contribution is -2.41. The predicted molar refractivity (Wildman–Crippen MR) is 255 cm³/mol. The van der Waals surface area contributed by atoms with Gasteiger partial charge in [-0.05, 0) is 137 Å². The van der Waals surface area contributed by atoms with Crippen LogP contribution in [0.4, 0.5) is 0 Å². The maximum atomic E-state index is 11.3. The lowest BCUT2D eigenvalue weighted by molar-refractivity contribution is -0.139. The number of carbonyl (C=O) groups is 1. The van der Waals surface area contributed by atoms with Crippen molar-refractivity contribution in [3.05, 3.63) is 141 Å². The van der Waals surface area contributed by atoms with Gasteiger partial charge >= 0.3 is 5.97 Å². The molecular weight excluding hydrogens is 843 g/mol. The Balaban J connectivity index is 0.000000106. The van der Waals surface area contributed by atoms with Crippen molar-refractivity contribution in [1.82, 2.24) is 15.5 Å². The van der Waals surface area contributed by atoms with E-state index in [-0.39, 0.29) is 24.1 Å². The number of rotatable bonds is 2. The van der Waals surface area contributed by atoms with Crippen molar-refractivity contribution in [2.24, 2.45) is 0 Å². The third kappa shape index (κ3) is 7.00. The minimum Gasteiger partial charge on any atom is -0.504 e. The summed E-state index contributed by atoms with van der Waals surface area (Å²) in [5.74, 6) is 1.32. The van der Waals surface area contributed by atoms with E-state index in [0.717, 1.165) is 109 Å². The normalized spacial score (nSPS) is 21.6. The van der Waals surface area contributed by atoms with Crippen LogP contribution in [0, 0.1) is 0 Å². The molecule has 0 fully saturated rings. The van der Waals surface area contributed by atoms with Crippen molar-refractivity contribution in [2.75, 3.05) is 26.2 Å². The van der Waals surface area contributed by atoms with Gasteiger partial charge in [0.25, 0.3) is 0 Å². The van der Waals surface area contributed by atoms with E-state index in [1.54, 1.807) is 6.07 Å². The molecular formula is C56H55N3O8. The average molecular weight is 898 g/mol. The quantitative estimate of drug-likeness (QED) is 0.106. The first-order chi connectivity index (χ1) is 32.3. The lowest BCUT2D eigenvalue weighted by atomic mass is 9.76. The van der Waals surface area contributed by atoms with E-state index in [9.17, 15) is 20.1 Å². The van der Waals surface area contributed by atoms with E-state index in [2.05, 4.69) is 76.2 Å². The number of carboxylic acids is 1. The fourth-order valence-electron chi connectivity index (χ4n) is 12.2. The van der Waals surface area contributed by atoms with E-state index in [4.69, 9.17) is 18.9 Å². The Kier molecular flexibility index (Phi) is 9.70. The molecule has 0 bridgehead atoms. The highest BCUT2D eigenvalue weighted by atomic mass is 16.7. The number of hydrogen-bond acceptors (Lipinski definition) is 10. The molecule has 11 nitrogen and oxygen atoms in total. The number of hydrogen-bond donors (Lipinski definition) is 5. The number of phenolic OH excluding ortho intramolecular Hbond substituents is 2. The van der Waals surface area contributed by atoms with Crippen LogP contribution < -0.4 is 29.6 Å². The van der Waals surface area contributed by atoms with Crippen LogP contribution in [0.1, 0.15) is 95.9 Å². The molecule has 0 radical (unpaired) electrons. The van der Waals surface area contributed by atoms with E-state index in [1.165, 1.54) is 55.6 Å². The summed E-state index contributed by atoms with van der Waals surface area (Å²) in [7, 11) is 0. The van der Waals surface area contributed by atoms with Gasteiger partial charge in [0.15, 0.2) is 34.5 Å². The summed E-state index contributed by atoms with van der Waals surface area (Å²) in [4.78, 5) is 13.4. The predicted octanol–water partition coefficient (Wildman–Crippen LogP) is 9.51. The zero-order valence-corrected chi connectivity index (χ0v) is 38.3. The summed E-state index contributed by atoms with van der Waals surface area (Å²) in [6.45, 7) is 10.7. The van der Waals surface area contributed by atoms with Crippen molar-refractivity contribution in [2.45, 2.75) is 95.9 Å². The Morgan fingerprint density at radius 3 is 1.61 bits per heavy atom. The molecule has 8 aliphatic rings. The number of phenols is 2. The summed E-state index contributed by atoms with van der Waals surface area (Å²) >= 11 is 0. The summed E-state index contributed by atoms with van der Waals surface area (Å²) < 4.78 is 24.1. The molecule has 11 heteroatoms. The topological polar surface area (TPSA) is 142 Å². The van der Waals surface area contributed by atoms with Gasteiger partial charge in [0.1, 0.15) is 0 Å². The van der Waals surface area contributed by atoms with Crippen LogP contribution in [0.3, 0.4) is 0 Å². The molecule has 342 valence electrons. The first kappa shape index (κ1) is 41.9. The second-order valence-electron chi connectivity index (χ2n) is 19.9. The van der Waals surface area contributed by atoms with Crippen LogP contribution in [0.15, 0.2) is 91.0 Å². The highest BCUT2D eigenvalue weighted by Crippen LogP contribution is 2.55. The number of ether oxygens (including phenoxy) is 4. The van der Waals surface area contributed by atoms with Gasteiger partial charge in [-0.25, -0.2) is 0 Å². The van der Waals surface area contributed by atoms with Crippen molar-refractivity contribution in [1.29, 1.82) is 0 Å². The third-order valence-corrected chi connectivity index (χ3v) is 14.8. The molecule has 5 aliphatic heterocycles. The van der Waals surface area contributed by atoms with Crippen molar-refractivity contribution >= 4 is 5.97 Å². The summed E-state index contributed by atoms with van der Waals surface area (Å²) in [6.07, 6.45) is 5.69. The maximum absolute atomic E-state index is 11.3. The van der Waals surface area contributed by atoms with Gasteiger partial charge in [0.05, 0.1) is 6.54 Å². The first-order valence-corrected chi connectivity index (χ1v) is 23.7. The fourth-order valence-corrected chi connectivity index (χ4v) is 12.2. The van der Waals surface area contributed by atoms with Gasteiger partial charge in [-0.2, -0.15) is 0 Å². The molecule has 3 atom stereocenters. The van der Waals surface area contributed by atoms with Gasteiger partial charge < -0.3 is 44.9 Å². The highest BCUT2D eigenvalue weighted by Gasteiger charge is 2.42. The average Bonchev–Trinajstić information content (AvgIpc) is 3.82. The third-order valence-electron chi connectivity index (χ3n) is 14.8. The number of aromatic hydroxyl groups is 2. The molecule has 6 aromatic rings. The highest BCUT2D eigenvalue weighted by molar-refractivity contribution is 5.85. The molecule has 5 heterocycles. The number of nitrogens with zero attached hydrogens (tertiary/aromatic N) is 1. The molecule has 3 aliphatic carbocycles. The molecule has 5 N–H and O–H groups in total. The van der Waals surface area contributed by atoms with Crippen LogP contribution >= 0.6 is 0 Å². The van der Waals surface area contributed by atoms with Gasteiger partial charge in [-0.15, -0.1) is 0 Å². The molecule has 0 aromatic heterocycles. The van der Waals surface area contributed by atoms with Crippen LogP contribution in [0.25, 0.3) is 33.4 Å². The van der Waals surface area contributed by atoms with Gasteiger partial charge in [-0.1, -0.05) is 72.8 Å². The summed E-state index contributed by atoms with van der Waals surface area (Å²) in [5.41, 5.74) is 18.5. The molecule has 14 rings (SSSR count). The smallest absolute Gasteiger partial charge is 0.317 e. The van der Waals surface area contributed by atoms with Gasteiger partial charge in [-0.3, -0.25) is 9.69 Å². The monoisotopic (exact) mass is 897 g/mol. The zero-order valence-electron chi connectivity index (χ0n) is 38.3. The second-order valence-corrected chi connectivity index (χ2v) is 19.9. The number of carboxylic acid groups (broad SMARTS) is 1. The van der Waals surface area contributed by atoms with Gasteiger partial charge in [0, 0.05) is 69.1 Å². The Morgan fingerprint density at radius 2 is 1.06 bits per heavy atom. The standard InChI is InChI=1S/C21H21NO4.C19H19NO2.C16H15NO2/c1-21(2)25-16-7-6-13-10-15-18-12(8-9-22(15)11-17(23)24)4-3-5-14(18)19(13)20(16)26-21;1-19(2)21-15-7-6-12-10-14-16-11(8-9-20-14)4-3-5-13(16)17(12)18(15)22-19;18-13-5-4-10-8-12-14-9(6-7-17-12)2-1-3-11(14)15(10)16(13)19/h3-7,15H,8-11H2,1-2H3,(H,23,24);3-7,14,20H,8-10H2,1-2H3;1-5,12,17-19H,6-8H2/t15-;14-;12-/m111/s1. The summed E-state index contributed by atoms with van der Waals surface area (Å²) in [6, 6.07) is 32.0. The first-order valence-electron chi connectivity index (χ1n) is 23.7. The second kappa shape index (κ2) is 15.5. The number of fused-ring (bicyclic) bond motifs is 10. The van der Waals surface area contributed by atoms with Crippen LogP contribution in [0.5, 0.6) is 34.5 Å². The molecule has 67 heavy (non-hydrogen) atoms. The van der Waals surface area contributed by atoms with Crippen molar-refractivity contribution in [3.63, 3.8) is 0 Å². The van der Waals surface area contributed by atoms with Crippen LogP contribution in [-0.2, 0) is 43.3 Å². The minimum atomic E-state index is -0.774. The van der Waals surface area contributed by atoms with Crippen molar-refractivity contribution < 1.29 is 39.1 Å². The van der Waals surface area contributed by atoms with Crippen LogP contribution in [0.2, 0.25) is 0 Å². The summed E-state index contributed by atoms with van der Waals surface area (Å²) in [5, 5.41) is 36.5. The molecule has 0 spiro atoms. The molecule has 0 unspecified atom stereocenters. The largest absolute Gasteiger partial charge is 0.504 e. The maximum Gasteiger partial charge on any atom is 0.317 e. The minimum absolute atomic E-state index is 0.00919. The lowest BCUT2D eigenvalue weighted by Gasteiger charge is -2.41. The molecule has 0 saturated heterocycles. The van der Waals surface area contributed by atoms with Crippen LogP contribution in [-0.4, -0.2) is 63.9 Å². The Labute approximate surface area is 390 Å². The van der Waals surface area contributed by atoms with Gasteiger partial charge in [0.2, 0.25) is 11.6 Å².